The molecule has 0 saturated carbocycles. The lowest BCUT2D eigenvalue weighted by atomic mass is 10.2. The number of ether oxygens (including phenoxy) is 1. The van der Waals surface area contributed by atoms with Crippen LogP contribution in [0.5, 0.6) is 0 Å². The number of rotatable bonds is 5. The molecule has 4 heteroatoms. The fraction of sp³-hybridized carbons (Fsp3) is 0.600. The van der Waals surface area contributed by atoms with Crippen molar-refractivity contribution in [2.24, 2.45) is 0 Å². The van der Waals surface area contributed by atoms with Crippen molar-refractivity contribution in [3.05, 3.63) is 29.8 Å². The van der Waals surface area contributed by atoms with Crippen molar-refractivity contribution >= 4 is 5.69 Å². The van der Waals surface area contributed by atoms with Gasteiger partial charge in [0.1, 0.15) is 0 Å². The van der Waals surface area contributed by atoms with Crippen LogP contribution in [0.2, 0.25) is 0 Å². The highest BCUT2D eigenvalue weighted by molar-refractivity contribution is 5.46. The predicted octanol–water partition coefficient (Wildman–Crippen LogP) is 1.12. The molecule has 0 bridgehead atoms. The zero-order chi connectivity index (χ0) is 13.7. The number of aliphatic hydroxyl groups excluding tert-OH is 1. The predicted molar refractivity (Wildman–Crippen MR) is 77.7 cm³/mol. The molecule has 0 amide bonds. The molecular weight excluding hydrogens is 240 g/mol. The molecule has 1 heterocycles. The molecule has 106 valence electrons. The van der Waals surface area contributed by atoms with Crippen molar-refractivity contribution in [3.8, 4) is 0 Å². The second-order valence-corrected chi connectivity index (χ2v) is 5.28. The van der Waals surface area contributed by atoms with Gasteiger partial charge in [-0.1, -0.05) is 17.7 Å². The molecule has 0 radical (unpaired) electrons. The van der Waals surface area contributed by atoms with Gasteiger partial charge in [0.2, 0.25) is 0 Å². The summed E-state index contributed by atoms with van der Waals surface area (Å²) < 4.78 is 5.31. The van der Waals surface area contributed by atoms with Gasteiger partial charge in [0.05, 0.1) is 19.3 Å². The van der Waals surface area contributed by atoms with Gasteiger partial charge in [0, 0.05) is 38.9 Å². The third-order valence-electron chi connectivity index (χ3n) is 3.53. The Morgan fingerprint density at radius 2 is 1.89 bits per heavy atom. The first kappa shape index (κ1) is 14.3. The van der Waals surface area contributed by atoms with Gasteiger partial charge in [-0.25, -0.2) is 0 Å². The minimum atomic E-state index is -0.329. The number of morpholine rings is 1. The van der Waals surface area contributed by atoms with E-state index in [-0.39, 0.29) is 6.10 Å². The maximum atomic E-state index is 10.2. The van der Waals surface area contributed by atoms with Crippen molar-refractivity contribution in [3.63, 3.8) is 0 Å². The second kappa shape index (κ2) is 6.89. The van der Waals surface area contributed by atoms with E-state index in [1.807, 2.05) is 7.05 Å². The number of aliphatic hydroxyl groups is 1. The lowest BCUT2D eigenvalue weighted by molar-refractivity contribution is 0.0162. The number of hydrogen-bond acceptors (Lipinski definition) is 4. The second-order valence-electron chi connectivity index (χ2n) is 5.28. The van der Waals surface area contributed by atoms with Crippen LogP contribution < -0.4 is 4.90 Å². The number of nitrogens with zero attached hydrogens (tertiary/aromatic N) is 2. The van der Waals surface area contributed by atoms with Crippen LogP contribution in [0.15, 0.2) is 24.3 Å². The molecule has 1 aromatic rings. The van der Waals surface area contributed by atoms with Crippen LogP contribution in [-0.2, 0) is 4.74 Å². The summed E-state index contributed by atoms with van der Waals surface area (Å²) in [4.78, 5) is 4.36. The van der Waals surface area contributed by atoms with E-state index >= 15 is 0 Å². The fourth-order valence-electron chi connectivity index (χ4n) is 2.36. The molecular formula is C15H24N2O2. The smallest absolute Gasteiger partial charge is 0.0841 e. The van der Waals surface area contributed by atoms with Crippen molar-refractivity contribution in [2.75, 3.05) is 51.3 Å². The zero-order valence-corrected chi connectivity index (χ0v) is 11.9. The Hall–Kier alpha value is -1.10. The lowest BCUT2D eigenvalue weighted by Crippen LogP contribution is -2.44. The monoisotopic (exact) mass is 264 g/mol. The maximum Gasteiger partial charge on any atom is 0.0841 e. The Balaban J connectivity index is 1.80. The summed E-state index contributed by atoms with van der Waals surface area (Å²) in [6.45, 7) is 6.86. The topological polar surface area (TPSA) is 35.9 Å². The molecule has 2 rings (SSSR count). The summed E-state index contributed by atoms with van der Waals surface area (Å²) in [7, 11) is 2.02. The number of β-amino-alcohol motifs (C(OH)–C–C–N with tert-alkyl or cyclic N) is 1. The van der Waals surface area contributed by atoms with E-state index in [2.05, 4.69) is 41.0 Å². The molecule has 1 atom stereocenters. The molecule has 0 aromatic heterocycles. The summed E-state index contributed by atoms with van der Waals surface area (Å²) in [5.74, 6) is 0. The summed E-state index contributed by atoms with van der Waals surface area (Å²) in [6, 6.07) is 8.38. The van der Waals surface area contributed by atoms with Crippen LogP contribution in [0.1, 0.15) is 5.56 Å². The van der Waals surface area contributed by atoms with Crippen molar-refractivity contribution in [2.45, 2.75) is 13.0 Å². The number of aryl methyl sites for hydroxylation is 1. The lowest BCUT2D eigenvalue weighted by Gasteiger charge is -2.30. The van der Waals surface area contributed by atoms with Crippen LogP contribution in [0.4, 0.5) is 5.69 Å². The fourth-order valence-corrected chi connectivity index (χ4v) is 2.36. The standard InChI is InChI=1S/C15H24N2O2/c1-13-3-5-14(6-4-13)16(2)11-15(18)12-17-7-9-19-10-8-17/h3-6,15,18H,7-12H2,1-2H3. The minimum Gasteiger partial charge on any atom is -0.390 e. The summed E-state index contributed by atoms with van der Waals surface area (Å²) in [6.07, 6.45) is -0.329. The van der Waals surface area contributed by atoms with E-state index in [9.17, 15) is 5.11 Å². The highest BCUT2D eigenvalue weighted by Gasteiger charge is 2.16. The molecule has 4 nitrogen and oxygen atoms in total. The van der Waals surface area contributed by atoms with E-state index in [0.29, 0.717) is 6.54 Å². The molecule has 1 aliphatic rings. The molecule has 1 unspecified atom stereocenters. The van der Waals surface area contributed by atoms with E-state index in [0.717, 1.165) is 38.5 Å². The van der Waals surface area contributed by atoms with Gasteiger partial charge < -0.3 is 14.7 Å². The summed E-state index contributed by atoms with van der Waals surface area (Å²) in [5, 5.41) is 10.2. The first-order chi connectivity index (χ1) is 9.15. The average molecular weight is 264 g/mol. The molecule has 1 saturated heterocycles. The number of benzene rings is 1. The number of anilines is 1. The average Bonchev–Trinajstić information content (AvgIpc) is 2.40. The molecule has 0 spiro atoms. The largest absolute Gasteiger partial charge is 0.390 e. The van der Waals surface area contributed by atoms with Crippen molar-refractivity contribution in [1.82, 2.24) is 4.90 Å². The highest BCUT2D eigenvalue weighted by Crippen LogP contribution is 2.13. The van der Waals surface area contributed by atoms with Gasteiger partial charge in [-0.05, 0) is 19.1 Å². The van der Waals surface area contributed by atoms with Crippen LogP contribution in [0.25, 0.3) is 0 Å². The number of hydrogen-bond donors (Lipinski definition) is 1. The molecule has 1 fully saturated rings. The van der Waals surface area contributed by atoms with Crippen molar-refractivity contribution in [1.29, 1.82) is 0 Å². The van der Waals surface area contributed by atoms with Crippen LogP contribution in [0.3, 0.4) is 0 Å². The van der Waals surface area contributed by atoms with Gasteiger partial charge in [-0.15, -0.1) is 0 Å². The Morgan fingerprint density at radius 3 is 2.53 bits per heavy atom. The van der Waals surface area contributed by atoms with Gasteiger partial charge >= 0.3 is 0 Å². The molecule has 1 N–H and O–H groups in total. The van der Waals surface area contributed by atoms with Crippen LogP contribution in [0, 0.1) is 6.92 Å². The third-order valence-corrected chi connectivity index (χ3v) is 3.53. The molecule has 1 aromatic carbocycles. The molecule has 0 aliphatic carbocycles. The highest BCUT2D eigenvalue weighted by atomic mass is 16.5. The van der Waals surface area contributed by atoms with Gasteiger partial charge in [0.25, 0.3) is 0 Å². The van der Waals surface area contributed by atoms with Gasteiger partial charge in [-0.3, -0.25) is 4.90 Å². The van der Waals surface area contributed by atoms with Gasteiger partial charge in [0.15, 0.2) is 0 Å². The zero-order valence-electron chi connectivity index (χ0n) is 11.9. The Morgan fingerprint density at radius 1 is 1.26 bits per heavy atom. The van der Waals surface area contributed by atoms with E-state index in [1.165, 1.54) is 5.56 Å². The first-order valence-electron chi connectivity index (χ1n) is 6.91. The maximum absolute atomic E-state index is 10.2. The van der Waals surface area contributed by atoms with E-state index in [4.69, 9.17) is 4.74 Å². The molecule has 1 aliphatic heterocycles. The Labute approximate surface area is 115 Å². The Bertz CT molecular complexity index is 374. The summed E-state index contributed by atoms with van der Waals surface area (Å²) >= 11 is 0. The third kappa shape index (κ3) is 4.49. The SMILES string of the molecule is Cc1ccc(N(C)CC(O)CN2CCOCC2)cc1. The number of likely N-dealkylation sites (N-methyl/N-ethyl adjacent to an activating group) is 1. The van der Waals surface area contributed by atoms with Crippen LogP contribution >= 0.6 is 0 Å². The van der Waals surface area contributed by atoms with Gasteiger partial charge in [-0.2, -0.15) is 0 Å². The summed E-state index contributed by atoms with van der Waals surface area (Å²) in [5.41, 5.74) is 2.40. The van der Waals surface area contributed by atoms with Crippen LogP contribution in [-0.4, -0.2) is 62.6 Å². The minimum absolute atomic E-state index is 0.329. The van der Waals surface area contributed by atoms with E-state index < -0.39 is 0 Å². The normalized spacial score (nSPS) is 18.3. The molecule has 19 heavy (non-hydrogen) atoms. The van der Waals surface area contributed by atoms with E-state index in [1.54, 1.807) is 0 Å². The Kier molecular flexibility index (Phi) is 5.19. The quantitative estimate of drug-likeness (QED) is 0.865. The van der Waals surface area contributed by atoms with Crippen molar-refractivity contribution < 1.29 is 9.84 Å². The first-order valence-corrected chi connectivity index (χ1v) is 6.91.